The summed E-state index contributed by atoms with van der Waals surface area (Å²) in [6, 6.07) is 0. The van der Waals surface area contributed by atoms with Crippen LogP contribution in [0.25, 0.3) is 0 Å². The molecule has 0 unspecified atom stereocenters. The molecule has 1 fully saturated rings. The predicted molar refractivity (Wildman–Crippen MR) is 69.9 cm³/mol. The third kappa shape index (κ3) is 8.55. The number of unbranched alkanes of at least 4 members (excludes halogenated alkanes) is 1. The minimum absolute atomic E-state index is 0.299. The summed E-state index contributed by atoms with van der Waals surface area (Å²) in [6.07, 6.45) is 13.7. The third-order valence-electron chi connectivity index (χ3n) is 2.58. The van der Waals surface area contributed by atoms with E-state index in [1.807, 2.05) is 6.08 Å². The van der Waals surface area contributed by atoms with Crippen LogP contribution in [0.4, 0.5) is 4.79 Å². The Labute approximate surface area is 104 Å². The number of ether oxygens (including phenoxy) is 1. The lowest BCUT2D eigenvalue weighted by atomic mass is 10.2. The zero-order valence-electron chi connectivity index (χ0n) is 10.7. The number of allylic oxidation sites excluding steroid dienone is 3. The Kier molecular flexibility index (Phi) is 7.19. The van der Waals surface area contributed by atoms with Crippen LogP contribution in [-0.2, 0) is 4.74 Å². The highest BCUT2D eigenvalue weighted by molar-refractivity contribution is 5.67. The molecule has 0 aromatic rings. The Morgan fingerprint density at radius 2 is 1.94 bits per heavy atom. The molecule has 0 heterocycles. The molecule has 0 bridgehead atoms. The fraction of sp³-hybridized carbons (Fsp3) is 0.643. The molecule has 0 aliphatic heterocycles. The van der Waals surface area contributed by atoms with Gasteiger partial charge in [-0.1, -0.05) is 31.2 Å². The number of carbonyl (C=O) groups excluding carboxylic acids is 1. The standard InChI is InChI=1S/C14H23NO2/c1-2-3-4-5-6-7-8-11-15-14(16)17-12-13-9-10-13/h3-4,7-8,13H,2,5-6,9-12H2,1H3,(H,15,16). The van der Waals surface area contributed by atoms with Crippen LogP contribution in [0, 0.1) is 5.92 Å². The average molecular weight is 237 g/mol. The first kappa shape index (κ1) is 13.8. The smallest absolute Gasteiger partial charge is 0.407 e. The highest BCUT2D eigenvalue weighted by atomic mass is 16.5. The van der Waals surface area contributed by atoms with E-state index in [9.17, 15) is 4.79 Å². The van der Waals surface area contributed by atoms with Crippen LogP contribution >= 0.6 is 0 Å². The Bertz CT molecular complexity index is 267. The number of hydrogen-bond donors (Lipinski definition) is 1. The van der Waals surface area contributed by atoms with E-state index in [1.165, 1.54) is 12.8 Å². The van der Waals surface area contributed by atoms with E-state index in [-0.39, 0.29) is 6.09 Å². The minimum atomic E-state index is -0.299. The molecule has 0 spiro atoms. The van der Waals surface area contributed by atoms with Crippen molar-refractivity contribution in [2.75, 3.05) is 13.2 Å². The molecule has 1 aliphatic rings. The molecule has 3 heteroatoms. The maximum Gasteiger partial charge on any atom is 0.407 e. The van der Waals surface area contributed by atoms with Gasteiger partial charge in [-0.3, -0.25) is 0 Å². The van der Waals surface area contributed by atoms with Gasteiger partial charge in [0.15, 0.2) is 0 Å². The molecular formula is C14H23NO2. The second kappa shape index (κ2) is 8.85. The lowest BCUT2D eigenvalue weighted by Gasteiger charge is -2.03. The predicted octanol–water partition coefficient (Wildman–Crippen LogP) is 3.43. The van der Waals surface area contributed by atoms with Crippen molar-refractivity contribution in [2.45, 2.75) is 39.0 Å². The van der Waals surface area contributed by atoms with Gasteiger partial charge in [0.05, 0.1) is 6.61 Å². The van der Waals surface area contributed by atoms with Crippen molar-refractivity contribution >= 4 is 6.09 Å². The molecule has 17 heavy (non-hydrogen) atoms. The van der Waals surface area contributed by atoms with E-state index in [2.05, 4.69) is 30.5 Å². The highest BCUT2D eigenvalue weighted by Gasteiger charge is 2.22. The molecule has 1 rings (SSSR count). The zero-order valence-corrected chi connectivity index (χ0v) is 10.7. The van der Waals surface area contributed by atoms with Gasteiger partial charge in [-0.05, 0) is 38.0 Å². The van der Waals surface area contributed by atoms with Crippen LogP contribution in [0.15, 0.2) is 24.3 Å². The maximum atomic E-state index is 11.2. The number of alkyl carbamates (subject to hydrolysis) is 1. The van der Waals surface area contributed by atoms with Crippen molar-refractivity contribution in [3.05, 3.63) is 24.3 Å². The molecule has 0 atom stereocenters. The number of nitrogens with one attached hydrogen (secondary N) is 1. The van der Waals surface area contributed by atoms with Crippen molar-refractivity contribution in [2.24, 2.45) is 5.92 Å². The Morgan fingerprint density at radius 3 is 2.59 bits per heavy atom. The Balaban J connectivity index is 1.88. The second-order valence-electron chi connectivity index (χ2n) is 4.35. The summed E-state index contributed by atoms with van der Waals surface area (Å²) in [5, 5.41) is 2.70. The fourth-order valence-electron chi connectivity index (χ4n) is 1.35. The first-order valence-electron chi connectivity index (χ1n) is 6.53. The van der Waals surface area contributed by atoms with E-state index < -0.39 is 0 Å². The number of carbonyl (C=O) groups is 1. The van der Waals surface area contributed by atoms with E-state index in [4.69, 9.17) is 4.74 Å². The lowest BCUT2D eigenvalue weighted by molar-refractivity contribution is 0.142. The first-order valence-corrected chi connectivity index (χ1v) is 6.53. The molecular weight excluding hydrogens is 214 g/mol. The second-order valence-corrected chi connectivity index (χ2v) is 4.35. The van der Waals surface area contributed by atoms with Crippen LogP contribution in [0.2, 0.25) is 0 Å². The monoisotopic (exact) mass is 237 g/mol. The summed E-state index contributed by atoms with van der Waals surface area (Å²) in [5.41, 5.74) is 0. The largest absolute Gasteiger partial charge is 0.449 e. The van der Waals surface area contributed by atoms with Gasteiger partial charge in [0.1, 0.15) is 0 Å². The maximum absolute atomic E-state index is 11.2. The normalized spacial score (nSPS) is 15.6. The third-order valence-corrected chi connectivity index (χ3v) is 2.58. The lowest BCUT2D eigenvalue weighted by Crippen LogP contribution is -2.25. The fourth-order valence-corrected chi connectivity index (χ4v) is 1.35. The number of rotatable bonds is 8. The van der Waals surface area contributed by atoms with Gasteiger partial charge in [0.2, 0.25) is 0 Å². The average Bonchev–Trinajstić information content (AvgIpc) is 3.14. The molecule has 1 N–H and O–H groups in total. The summed E-state index contributed by atoms with van der Waals surface area (Å²) in [5.74, 6) is 0.627. The molecule has 0 aromatic heterocycles. The van der Waals surface area contributed by atoms with E-state index in [0.29, 0.717) is 19.1 Å². The molecule has 1 amide bonds. The van der Waals surface area contributed by atoms with E-state index in [0.717, 1.165) is 19.3 Å². The molecule has 96 valence electrons. The molecule has 0 aromatic carbocycles. The van der Waals surface area contributed by atoms with Crippen LogP contribution in [0.1, 0.15) is 39.0 Å². The van der Waals surface area contributed by atoms with Gasteiger partial charge >= 0.3 is 6.09 Å². The molecule has 1 aliphatic carbocycles. The van der Waals surface area contributed by atoms with Gasteiger partial charge in [0, 0.05) is 6.54 Å². The molecule has 0 saturated heterocycles. The van der Waals surface area contributed by atoms with Crippen LogP contribution in [-0.4, -0.2) is 19.2 Å². The van der Waals surface area contributed by atoms with Gasteiger partial charge in [-0.2, -0.15) is 0 Å². The van der Waals surface area contributed by atoms with Crippen LogP contribution in [0.3, 0.4) is 0 Å². The Hall–Kier alpha value is -1.25. The highest BCUT2D eigenvalue weighted by Crippen LogP contribution is 2.28. The number of hydrogen-bond acceptors (Lipinski definition) is 2. The summed E-state index contributed by atoms with van der Waals surface area (Å²) >= 11 is 0. The van der Waals surface area contributed by atoms with E-state index in [1.54, 1.807) is 0 Å². The van der Waals surface area contributed by atoms with Crippen molar-refractivity contribution in [1.29, 1.82) is 0 Å². The van der Waals surface area contributed by atoms with Gasteiger partial charge in [0.25, 0.3) is 0 Å². The molecule has 0 radical (unpaired) electrons. The van der Waals surface area contributed by atoms with Crippen molar-refractivity contribution in [3.63, 3.8) is 0 Å². The van der Waals surface area contributed by atoms with Gasteiger partial charge in [-0.25, -0.2) is 4.79 Å². The summed E-state index contributed by atoms with van der Waals surface area (Å²) in [6.45, 7) is 3.27. The van der Waals surface area contributed by atoms with Gasteiger partial charge in [-0.15, -0.1) is 0 Å². The summed E-state index contributed by atoms with van der Waals surface area (Å²) in [4.78, 5) is 11.2. The van der Waals surface area contributed by atoms with Crippen molar-refractivity contribution < 1.29 is 9.53 Å². The van der Waals surface area contributed by atoms with Crippen LogP contribution in [0.5, 0.6) is 0 Å². The van der Waals surface area contributed by atoms with Crippen LogP contribution < -0.4 is 5.32 Å². The van der Waals surface area contributed by atoms with Crippen molar-refractivity contribution in [1.82, 2.24) is 5.32 Å². The minimum Gasteiger partial charge on any atom is -0.449 e. The molecule has 1 saturated carbocycles. The molecule has 3 nitrogen and oxygen atoms in total. The topological polar surface area (TPSA) is 38.3 Å². The first-order chi connectivity index (χ1) is 8.33. The Morgan fingerprint density at radius 1 is 1.24 bits per heavy atom. The summed E-state index contributed by atoms with van der Waals surface area (Å²) in [7, 11) is 0. The van der Waals surface area contributed by atoms with Crippen molar-refractivity contribution in [3.8, 4) is 0 Å². The zero-order chi connectivity index (χ0) is 12.3. The van der Waals surface area contributed by atoms with E-state index >= 15 is 0 Å². The quantitative estimate of drug-likeness (QED) is 0.519. The number of amides is 1. The van der Waals surface area contributed by atoms with Gasteiger partial charge < -0.3 is 10.1 Å². The summed E-state index contributed by atoms with van der Waals surface area (Å²) < 4.78 is 5.03. The SMILES string of the molecule is CCC=CCCC=CCNC(=O)OCC1CC1.